The van der Waals surface area contributed by atoms with Gasteiger partial charge >= 0.3 is 0 Å². The van der Waals surface area contributed by atoms with Gasteiger partial charge in [0.2, 0.25) is 18.1 Å². The van der Waals surface area contributed by atoms with Gasteiger partial charge in [-0.05, 0) is 51.4 Å². The van der Waals surface area contributed by atoms with Gasteiger partial charge in [0, 0.05) is 45.6 Å². The van der Waals surface area contributed by atoms with E-state index in [-0.39, 0.29) is 50.7 Å². The molecule has 17 heteroatoms. The van der Waals surface area contributed by atoms with Crippen LogP contribution in [0, 0.1) is 0 Å². The number of carbonyl (C=O) groups excluding carboxylic acids is 3. The van der Waals surface area contributed by atoms with Crippen molar-refractivity contribution in [3.05, 3.63) is 11.5 Å². The van der Waals surface area contributed by atoms with Gasteiger partial charge in [-0.1, -0.05) is 0 Å². The van der Waals surface area contributed by atoms with Crippen molar-refractivity contribution in [1.82, 2.24) is 10.6 Å². The number of unbranched alkanes of at least 4 members (excludes halogenated alkanes) is 3. The molecule has 0 aliphatic rings. The van der Waals surface area contributed by atoms with Crippen molar-refractivity contribution >= 4 is 18.1 Å². The molecule has 264 valence electrons. The summed E-state index contributed by atoms with van der Waals surface area (Å²) in [6.07, 6.45) is -6.67. The Kier molecular flexibility index (Phi) is 24.3. The Balaban J connectivity index is 4.00. The first kappa shape index (κ1) is 42.6. The molecule has 0 fully saturated rings. The van der Waals surface area contributed by atoms with Gasteiger partial charge in [0.25, 0.3) is 0 Å². The minimum absolute atomic E-state index is 0.00388. The molecule has 2 amide bonds. The summed E-state index contributed by atoms with van der Waals surface area (Å²) in [7, 11) is 0. The van der Waals surface area contributed by atoms with E-state index in [1.807, 2.05) is 0 Å². The number of nitrogens with one attached hydrogen (secondary N) is 2. The Morgan fingerprint density at radius 2 is 1.29 bits per heavy atom. The summed E-state index contributed by atoms with van der Waals surface area (Å²) in [5.41, 5.74) is 0. The van der Waals surface area contributed by atoms with E-state index in [4.69, 9.17) is 19.7 Å². The van der Waals surface area contributed by atoms with E-state index in [2.05, 4.69) is 10.6 Å². The number of hydrogen-bond acceptors (Lipinski definition) is 15. The minimum Gasteiger partial charge on any atom is -0.506 e. The van der Waals surface area contributed by atoms with E-state index in [1.165, 1.54) is 0 Å². The third-order valence-electron chi connectivity index (χ3n) is 6.61. The lowest BCUT2D eigenvalue weighted by Crippen LogP contribution is -2.45. The number of aliphatic hydroxyl groups excluding tert-OH is 10. The zero-order valence-corrected chi connectivity index (χ0v) is 25.4. The second-order valence-electron chi connectivity index (χ2n) is 10.4. The molecule has 7 atom stereocenters. The molecule has 12 N–H and O–H groups in total. The molecule has 7 unspecified atom stereocenters. The van der Waals surface area contributed by atoms with Crippen molar-refractivity contribution in [2.45, 2.75) is 114 Å². The van der Waals surface area contributed by atoms with Gasteiger partial charge < -0.3 is 76.0 Å². The molecule has 0 saturated carbocycles. The summed E-state index contributed by atoms with van der Waals surface area (Å²) in [5.74, 6) is -2.46. The Hall–Kier alpha value is -2.45. The van der Waals surface area contributed by atoms with Crippen LogP contribution in [0.1, 0.15) is 70.6 Å². The molecule has 0 aromatic carbocycles. The number of amides is 2. The molecule has 0 aliphatic heterocycles. The van der Waals surface area contributed by atoms with E-state index in [9.17, 15) is 55.2 Å². The van der Waals surface area contributed by atoms with E-state index in [0.29, 0.717) is 57.8 Å². The maximum Gasteiger partial charge on any atom is 0.220 e. The average Bonchev–Trinajstić information content (AvgIpc) is 3.01. The molecular weight excluding hydrogens is 604 g/mol. The maximum absolute atomic E-state index is 12.1. The van der Waals surface area contributed by atoms with Crippen LogP contribution in [-0.4, -0.2) is 145 Å². The third-order valence-corrected chi connectivity index (χ3v) is 6.61. The Morgan fingerprint density at radius 1 is 0.689 bits per heavy atom. The van der Waals surface area contributed by atoms with Crippen LogP contribution in [0.4, 0.5) is 0 Å². The topological polar surface area (TPSA) is 296 Å². The van der Waals surface area contributed by atoms with Gasteiger partial charge in [0.15, 0.2) is 17.8 Å². The largest absolute Gasteiger partial charge is 0.506 e. The zero-order valence-electron chi connectivity index (χ0n) is 25.4. The first-order chi connectivity index (χ1) is 21.4. The zero-order chi connectivity index (χ0) is 34.2. The summed E-state index contributed by atoms with van der Waals surface area (Å²) in [6, 6.07) is -0.699. The predicted molar refractivity (Wildman–Crippen MR) is 156 cm³/mol. The first-order valence-electron chi connectivity index (χ1n) is 15.1. The first-order valence-corrected chi connectivity index (χ1v) is 15.1. The highest BCUT2D eigenvalue weighted by atomic mass is 16.6. The highest BCUT2D eigenvalue weighted by molar-refractivity contribution is 5.79. The molecule has 0 aromatic heterocycles. The van der Waals surface area contributed by atoms with Crippen molar-refractivity contribution in [3.63, 3.8) is 0 Å². The van der Waals surface area contributed by atoms with Crippen molar-refractivity contribution < 1.29 is 74.9 Å². The normalized spacial score (nSPS) is 16.9. The van der Waals surface area contributed by atoms with Crippen LogP contribution < -0.4 is 10.6 Å². The fourth-order valence-electron chi connectivity index (χ4n) is 3.87. The predicted octanol–water partition coefficient (Wildman–Crippen LogP) is -2.50. The summed E-state index contributed by atoms with van der Waals surface area (Å²) in [5, 5.41) is 100. The molecule has 0 aliphatic carbocycles. The van der Waals surface area contributed by atoms with Crippen molar-refractivity contribution in [2.75, 3.05) is 33.0 Å². The highest BCUT2D eigenvalue weighted by Gasteiger charge is 2.30. The quantitative estimate of drug-likeness (QED) is 0.0179. The standard InChI is InChI=1S/C28H52N2O15/c31-13-10-19(34)23(38)25(40)27(42)44-15-5-2-8-21(36)29-12-4-1-7-18(17-33)30-22(37)9-3-6-16-45-28(43)26(41)24(39)20(35)11-14-32/h17-20,23,25,27-28,31-32,34-35,38-43H,1-16H2,(H,29,36)(H,30,37)/b26-24+. The number of aldehydes is 1. The van der Waals surface area contributed by atoms with Gasteiger partial charge in [-0.3, -0.25) is 9.59 Å². The Bertz CT molecular complexity index is 847. The summed E-state index contributed by atoms with van der Waals surface area (Å²) in [4.78, 5) is 35.4. The SMILES string of the molecule is O=CC(CCCCNC(=O)CCCCOC(O)C(O)C(O)C(O)CCO)NC(=O)CCCCOC(O)/C(O)=C(\O)C(O)CCO. The highest BCUT2D eigenvalue weighted by Crippen LogP contribution is 2.13. The molecule has 0 rings (SSSR count). The third kappa shape index (κ3) is 19.6. The van der Waals surface area contributed by atoms with Gasteiger partial charge in [0.05, 0.1) is 18.8 Å². The Morgan fingerprint density at radius 3 is 1.89 bits per heavy atom. The van der Waals surface area contributed by atoms with Crippen LogP contribution in [-0.2, 0) is 23.9 Å². The number of carbonyl (C=O) groups is 3. The average molecular weight is 657 g/mol. The summed E-state index contributed by atoms with van der Waals surface area (Å²) < 4.78 is 9.97. The van der Waals surface area contributed by atoms with E-state index >= 15 is 0 Å². The van der Waals surface area contributed by atoms with Gasteiger partial charge in [-0.25, -0.2) is 0 Å². The van der Waals surface area contributed by atoms with Gasteiger partial charge in [-0.15, -0.1) is 0 Å². The molecule has 45 heavy (non-hydrogen) atoms. The van der Waals surface area contributed by atoms with E-state index < -0.39 is 67.8 Å². The van der Waals surface area contributed by atoms with Crippen LogP contribution in [0.15, 0.2) is 11.5 Å². The van der Waals surface area contributed by atoms with Crippen LogP contribution in [0.25, 0.3) is 0 Å². The van der Waals surface area contributed by atoms with Crippen LogP contribution in [0.5, 0.6) is 0 Å². The summed E-state index contributed by atoms with van der Waals surface area (Å²) in [6.45, 7) is -0.563. The van der Waals surface area contributed by atoms with Crippen LogP contribution >= 0.6 is 0 Å². The smallest absolute Gasteiger partial charge is 0.220 e. The van der Waals surface area contributed by atoms with E-state index in [0.717, 1.165) is 0 Å². The molecule has 0 aromatic rings. The van der Waals surface area contributed by atoms with Crippen molar-refractivity contribution in [1.29, 1.82) is 0 Å². The number of ether oxygens (including phenoxy) is 2. The summed E-state index contributed by atoms with van der Waals surface area (Å²) >= 11 is 0. The lowest BCUT2D eigenvalue weighted by Gasteiger charge is -2.26. The lowest BCUT2D eigenvalue weighted by molar-refractivity contribution is -0.203. The van der Waals surface area contributed by atoms with Gasteiger partial charge in [-0.2, -0.15) is 0 Å². The minimum atomic E-state index is -1.89. The molecule has 0 spiro atoms. The number of aliphatic hydroxyl groups is 10. The fourth-order valence-corrected chi connectivity index (χ4v) is 3.87. The maximum atomic E-state index is 12.1. The van der Waals surface area contributed by atoms with Crippen LogP contribution in [0.2, 0.25) is 0 Å². The second kappa shape index (κ2) is 25.7. The molecule has 0 heterocycles. The van der Waals surface area contributed by atoms with E-state index in [1.54, 1.807) is 0 Å². The number of rotatable bonds is 28. The molecule has 17 nitrogen and oxygen atoms in total. The molecular formula is C28H52N2O15. The number of hydrogen-bond donors (Lipinski definition) is 12. The van der Waals surface area contributed by atoms with Gasteiger partial charge in [0.1, 0.15) is 24.6 Å². The Labute approximate surface area is 262 Å². The van der Waals surface area contributed by atoms with Crippen LogP contribution in [0.3, 0.4) is 0 Å². The molecule has 0 bridgehead atoms. The molecule has 0 saturated heterocycles. The van der Waals surface area contributed by atoms with Crippen molar-refractivity contribution in [2.24, 2.45) is 0 Å². The molecule has 0 radical (unpaired) electrons. The second-order valence-corrected chi connectivity index (χ2v) is 10.4. The van der Waals surface area contributed by atoms with Crippen molar-refractivity contribution in [3.8, 4) is 0 Å². The fraction of sp³-hybridized carbons (Fsp3) is 0.821. The lowest BCUT2D eigenvalue weighted by atomic mass is 10.1. The monoisotopic (exact) mass is 656 g/mol.